The highest BCUT2D eigenvalue weighted by Gasteiger charge is 2.26. The van der Waals surface area contributed by atoms with Crippen LogP contribution >= 0.6 is 0 Å². The summed E-state index contributed by atoms with van der Waals surface area (Å²) in [5.74, 6) is -0.397. The smallest absolute Gasteiger partial charge is 0.200 e. The minimum Gasteiger partial charge on any atom is -0.482 e. The molecule has 1 saturated heterocycles. The van der Waals surface area contributed by atoms with Crippen molar-refractivity contribution in [2.24, 2.45) is 0 Å². The molecule has 0 radical (unpaired) electrons. The lowest BCUT2D eigenvalue weighted by Crippen LogP contribution is -2.37. The number of rotatable bonds is 12. The van der Waals surface area contributed by atoms with Gasteiger partial charge in [-0.1, -0.05) is 36.9 Å². The number of nitrogens with one attached hydrogen (secondary N) is 2. The zero-order valence-corrected chi connectivity index (χ0v) is 26.8. The molecule has 10 heteroatoms. The Morgan fingerprint density at radius 1 is 1.13 bits per heavy atom. The minimum atomic E-state index is -0.680. The molecule has 0 spiro atoms. The van der Waals surface area contributed by atoms with Gasteiger partial charge in [0.05, 0.1) is 35.4 Å². The van der Waals surface area contributed by atoms with Gasteiger partial charge in [0, 0.05) is 44.6 Å². The standard InChI is InChI=1S/C35H47FN6O3/c1-24-22-27-11-6-5-10-26(27)12-17-42-23-28(25(2)38-13-7-8-15-40(3)4)34(43)29-31(37)30(36)32(35(45-24)33(29)42)39-14-9-16-41-18-20-44-21-19-41/h5-6,10-12,22-24,38-39H,2,7-9,13-21,37H2,1,3-4H3/b26-12-,27-22-. The molecule has 2 aliphatic heterocycles. The second-order valence-electron chi connectivity index (χ2n) is 12.2. The highest BCUT2D eigenvalue weighted by atomic mass is 19.1. The number of hydrogen-bond acceptors (Lipinski definition) is 8. The van der Waals surface area contributed by atoms with E-state index in [1.54, 1.807) is 6.20 Å². The molecule has 0 saturated carbocycles. The van der Waals surface area contributed by atoms with Crippen molar-refractivity contribution in [1.82, 2.24) is 19.7 Å². The van der Waals surface area contributed by atoms with Crippen LogP contribution in [0.15, 0.2) is 41.8 Å². The van der Waals surface area contributed by atoms with Crippen LogP contribution in [0.1, 0.15) is 31.7 Å². The van der Waals surface area contributed by atoms with Gasteiger partial charge in [0.2, 0.25) is 5.43 Å². The number of fused-ring (bicyclic) bond motifs is 1. The first-order valence-corrected chi connectivity index (χ1v) is 16.0. The van der Waals surface area contributed by atoms with Gasteiger partial charge < -0.3 is 35.3 Å². The summed E-state index contributed by atoms with van der Waals surface area (Å²) in [6, 6.07) is 8.07. The summed E-state index contributed by atoms with van der Waals surface area (Å²) in [5.41, 5.74) is 7.41. The largest absolute Gasteiger partial charge is 0.482 e. The maximum absolute atomic E-state index is 16.3. The molecule has 1 fully saturated rings. The Bertz CT molecular complexity index is 1700. The molecular formula is C35H47FN6O3. The summed E-state index contributed by atoms with van der Waals surface area (Å²) >= 11 is 0. The highest BCUT2D eigenvalue weighted by molar-refractivity contribution is 6.01. The van der Waals surface area contributed by atoms with Crippen molar-refractivity contribution in [2.75, 3.05) is 77.6 Å². The Balaban J connectivity index is 1.56. The normalized spacial score (nSPS) is 18.3. The summed E-state index contributed by atoms with van der Waals surface area (Å²) < 4.78 is 30.2. The van der Waals surface area contributed by atoms with Crippen molar-refractivity contribution < 1.29 is 13.9 Å². The van der Waals surface area contributed by atoms with Gasteiger partial charge in [-0.15, -0.1) is 0 Å². The zero-order valence-electron chi connectivity index (χ0n) is 26.8. The van der Waals surface area contributed by atoms with Gasteiger partial charge in [-0.05, 0) is 69.9 Å². The number of morpholine rings is 1. The number of anilines is 2. The van der Waals surface area contributed by atoms with Crippen LogP contribution in [0.4, 0.5) is 15.8 Å². The Hall–Kier alpha value is -3.86. The van der Waals surface area contributed by atoms with Crippen molar-refractivity contribution >= 4 is 40.1 Å². The molecule has 1 aromatic heterocycles. The van der Waals surface area contributed by atoms with Gasteiger partial charge in [0.15, 0.2) is 11.6 Å². The molecular weight excluding hydrogens is 571 g/mol. The van der Waals surface area contributed by atoms with Crippen LogP contribution in [0.5, 0.6) is 5.75 Å². The van der Waals surface area contributed by atoms with Crippen LogP contribution in [0.25, 0.3) is 28.8 Å². The SMILES string of the molecule is C=C(NCCCCN(C)C)c1cn2c3c(c(NCCCN4CCOCC4)c(F)c(N)c3c1=O)OC(C)/C=c1/cccc/c1=C/C2. The Kier molecular flexibility index (Phi) is 10.8. The number of aromatic nitrogens is 1. The van der Waals surface area contributed by atoms with E-state index in [0.29, 0.717) is 36.4 Å². The monoisotopic (exact) mass is 618 g/mol. The Morgan fingerprint density at radius 2 is 1.89 bits per heavy atom. The average Bonchev–Trinajstić information content (AvgIpc) is 3.02. The predicted molar refractivity (Wildman–Crippen MR) is 182 cm³/mol. The topological polar surface area (TPSA) is 97.0 Å². The summed E-state index contributed by atoms with van der Waals surface area (Å²) in [7, 11) is 4.09. The molecule has 5 rings (SSSR count). The van der Waals surface area contributed by atoms with Crippen molar-refractivity contribution in [3.05, 3.63) is 69.1 Å². The Labute approximate surface area is 264 Å². The number of unbranched alkanes of at least 4 members (excludes halogenated alkanes) is 1. The molecule has 242 valence electrons. The van der Waals surface area contributed by atoms with E-state index in [1.807, 2.05) is 49.9 Å². The summed E-state index contributed by atoms with van der Waals surface area (Å²) in [6.07, 6.45) is 8.23. The molecule has 1 unspecified atom stereocenters. The zero-order chi connectivity index (χ0) is 31.9. The van der Waals surface area contributed by atoms with Gasteiger partial charge in [-0.25, -0.2) is 4.39 Å². The number of benzene rings is 2. The number of ether oxygens (including phenoxy) is 2. The molecule has 1 atom stereocenters. The van der Waals surface area contributed by atoms with Crippen molar-refractivity contribution in [3.63, 3.8) is 0 Å². The molecule has 2 aliphatic rings. The first kappa shape index (κ1) is 32.5. The van der Waals surface area contributed by atoms with E-state index in [2.05, 4.69) is 39.2 Å². The fourth-order valence-electron chi connectivity index (χ4n) is 6.00. The van der Waals surface area contributed by atoms with E-state index in [1.165, 1.54) is 0 Å². The third-order valence-corrected chi connectivity index (χ3v) is 8.42. The van der Waals surface area contributed by atoms with Gasteiger partial charge >= 0.3 is 0 Å². The lowest BCUT2D eigenvalue weighted by molar-refractivity contribution is 0.0378. The van der Waals surface area contributed by atoms with Gasteiger partial charge in [-0.2, -0.15) is 0 Å². The fourth-order valence-corrected chi connectivity index (χ4v) is 6.00. The van der Waals surface area contributed by atoms with Crippen LogP contribution in [0.3, 0.4) is 0 Å². The lowest BCUT2D eigenvalue weighted by atomic mass is 10.0. The van der Waals surface area contributed by atoms with Crippen molar-refractivity contribution in [3.8, 4) is 5.75 Å². The van der Waals surface area contributed by atoms with Gasteiger partial charge in [0.25, 0.3) is 0 Å². The van der Waals surface area contributed by atoms with Crippen molar-refractivity contribution in [1.29, 1.82) is 0 Å². The minimum absolute atomic E-state index is 0.101. The molecule has 3 aromatic rings. The third-order valence-electron chi connectivity index (χ3n) is 8.42. The lowest BCUT2D eigenvalue weighted by Gasteiger charge is -2.27. The molecule has 9 nitrogen and oxygen atoms in total. The molecule has 4 N–H and O–H groups in total. The molecule has 0 bridgehead atoms. The van der Waals surface area contributed by atoms with Crippen LogP contribution in [0, 0.1) is 5.82 Å². The summed E-state index contributed by atoms with van der Waals surface area (Å²) in [4.78, 5) is 18.5. The first-order valence-electron chi connectivity index (χ1n) is 16.0. The maximum Gasteiger partial charge on any atom is 0.200 e. The van der Waals surface area contributed by atoms with Gasteiger partial charge in [0.1, 0.15) is 11.8 Å². The van der Waals surface area contributed by atoms with E-state index in [-0.39, 0.29) is 27.9 Å². The molecule has 0 amide bonds. The molecule has 2 aromatic carbocycles. The van der Waals surface area contributed by atoms with Crippen LogP contribution in [-0.2, 0) is 11.3 Å². The number of nitrogen functional groups attached to an aromatic ring is 1. The first-order chi connectivity index (χ1) is 21.7. The van der Waals surface area contributed by atoms with Crippen molar-refractivity contribution in [2.45, 2.75) is 38.8 Å². The summed E-state index contributed by atoms with van der Waals surface area (Å²) in [5, 5.41) is 8.76. The quantitative estimate of drug-likeness (QED) is 0.211. The second-order valence-corrected chi connectivity index (χ2v) is 12.2. The number of nitrogens with zero attached hydrogens (tertiary/aromatic N) is 3. The van der Waals surface area contributed by atoms with Crippen LogP contribution < -0.4 is 37.0 Å². The second kappa shape index (κ2) is 14.9. The van der Waals surface area contributed by atoms with E-state index in [9.17, 15) is 4.79 Å². The van der Waals surface area contributed by atoms with Gasteiger partial charge in [-0.3, -0.25) is 9.69 Å². The molecule has 3 heterocycles. The molecule has 0 aliphatic carbocycles. The number of nitrogens with two attached hydrogens (primary N) is 1. The number of pyridine rings is 1. The summed E-state index contributed by atoms with van der Waals surface area (Å²) in [6.45, 7) is 12.8. The maximum atomic E-state index is 16.3. The number of halogens is 1. The van der Waals surface area contributed by atoms with E-state index >= 15 is 4.39 Å². The predicted octanol–water partition coefficient (Wildman–Crippen LogP) is 2.80. The fraction of sp³-hybridized carbons (Fsp3) is 0.457. The Morgan fingerprint density at radius 3 is 2.64 bits per heavy atom. The van der Waals surface area contributed by atoms with E-state index in [0.717, 1.165) is 69.1 Å². The number of hydrogen-bond donors (Lipinski definition) is 3. The molecule has 45 heavy (non-hydrogen) atoms. The highest BCUT2D eigenvalue weighted by Crippen LogP contribution is 2.41. The van der Waals surface area contributed by atoms with E-state index < -0.39 is 11.9 Å². The van der Waals surface area contributed by atoms with Crippen LogP contribution in [0.2, 0.25) is 0 Å². The van der Waals surface area contributed by atoms with E-state index in [4.69, 9.17) is 15.2 Å². The van der Waals surface area contributed by atoms with Crippen LogP contribution in [-0.4, -0.2) is 87.0 Å². The average molecular weight is 619 g/mol. The third kappa shape index (κ3) is 7.69.